The van der Waals surface area contributed by atoms with Gasteiger partial charge in [0.25, 0.3) is 0 Å². The molecule has 0 aliphatic carbocycles. The molecule has 0 bridgehead atoms. The van der Waals surface area contributed by atoms with E-state index in [-0.39, 0.29) is 11.6 Å². The molecule has 1 aromatic carbocycles. The van der Waals surface area contributed by atoms with Crippen LogP contribution in [0.4, 0.5) is 5.69 Å². The molecule has 1 unspecified atom stereocenters. The van der Waals surface area contributed by atoms with Gasteiger partial charge >= 0.3 is 0 Å². The Balaban J connectivity index is 2.29. The first kappa shape index (κ1) is 12.9. The average molecular weight is 299 g/mol. The zero-order chi connectivity index (χ0) is 12.5. The maximum Gasteiger partial charge on any atom is 0.0839 e. The monoisotopic (exact) mass is 298 g/mol. The van der Waals surface area contributed by atoms with Crippen molar-refractivity contribution in [2.24, 2.45) is 0 Å². The van der Waals surface area contributed by atoms with E-state index in [0.717, 1.165) is 16.7 Å². The Kier molecular flexibility index (Phi) is 3.76. The van der Waals surface area contributed by atoms with Crippen LogP contribution in [0.2, 0.25) is 0 Å². The Morgan fingerprint density at radius 3 is 2.65 bits per heavy atom. The Morgan fingerprint density at radius 1 is 1.35 bits per heavy atom. The SMILES string of the molecule is CC1(C)CNCC(O)CN1c1ccc(Br)cc1. The van der Waals surface area contributed by atoms with Gasteiger partial charge in [-0.15, -0.1) is 0 Å². The number of hydrogen-bond acceptors (Lipinski definition) is 3. The maximum absolute atomic E-state index is 9.89. The minimum absolute atomic E-state index is 0.00527. The minimum Gasteiger partial charge on any atom is -0.390 e. The van der Waals surface area contributed by atoms with E-state index in [1.165, 1.54) is 0 Å². The summed E-state index contributed by atoms with van der Waals surface area (Å²) in [7, 11) is 0. The number of anilines is 1. The average Bonchev–Trinajstić information content (AvgIpc) is 2.39. The van der Waals surface area contributed by atoms with Gasteiger partial charge in [-0.25, -0.2) is 0 Å². The lowest BCUT2D eigenvalue weighted by molar-refractivity contribution is 0.183. The van der Waals surface area contributed by atoms with E-state index in [0.29, 0.717) is 13.1 Å². The van der Waals surface area contributed by atoms with Gasteiger partial charge in [-0.1, -0.05) is 15.9 Å². The number of nitrogens with zero attached hydrogens (tertiary/aromatic N) is 1. The highest BCUT2D eigenvalue weighted by Crippen LogP contribution is 2.26. The fourth-order valence-electron chi connectivity index (χ4n) is 2.24. The van der Waals surface area contributed by atoms with Crippen LogP contribution in [0.5, 0.6) is 0 Å². The van der Waals surface area contributed by atoms with Crippen molar-refractivity contribution in [1.29, 1.82) is 0 Å². The number of aliphatic hydroxyl groups is 1. The summed E-state index contributed by atoms with van der Waals surface area (Å²) in [4.78, 5) is 2.27. The van der Waals surface area contributed by atoms with Crippen LogP contribution in [0.25, 0.3) is 0 Å². The molecule has 1 atom stereocenters. The third-order valence-corrected chi connectivity index (χ3v) is 3.73. The van der Waals surface area contributed by atoms with E-state index >= 15 is 0 Å². The molecule has 0 saturated carbocycles. The molecule has 0 radical (unpaired) electrons. The minimum atomic E-state index is -0.319. The zero-order valence-electron chi connectivity index (χ0n) is 10.3. The van der Waals surface area contributed by atoms with Crippen molar-refractivity contribution in [1.82, 2.24) is 5.32 Å². The maximum atomic E-state index is 9.89. The number of rotatable bonds is 1. The van der Waals surface area contributed by atoms with Gasteiger partial charge in [-0.3, -0.25) is 0 Å². The lowest BCUT2D eigenvalue weighted by atomic mass is 10.0. The first-order valence-electron chi connectivity index (χ1n) is 5.91. The van der Waals surface area contributed by atoms with E-state index in [1.807, 2.05) is 12.1 Å². The molecule has 2 rings (SSSR count). The molecule has 94 valence electrons. The van der Waals surface area contributed by atoms with Crippen LogP contribution in [0.3, 0.4) is 0 Å². The van der Waals surface area contributed by atoms with Crippen LogP contribution in [0.15, 0.2) is 28.7 Å². The van der Waals surface area contributed by atoms with Gasteiger partial charge in [0.15, 0.2) is 0 Å². The zero-order valence-corrected chi connectivity index (χ0v) is 11.9. The van der Waals surface area contributed by atoms with E-state index in [2.05, 4.69) is 52.1 Å². The highest BCUT2D eigenvalue weighted by molar-refractivity contribution is 9.10. The van der Waals surface area contributed by atoms with Crippen LogP contribution in [0.1, 0.15) is 13.8 Å². The summed E-state index contributed by atoms with van der Waals surface area (Å²) in [6.07, 6.45) is -0.319. The molecule has 1 saturated heterocycles. The standard InChI is InChI=1S/C13H19BrN2O/c1-13(2)9-15-7-12(17)8-16(13)11-5-3-10(14)4-6-11/h3-6,12,15,17H,7-9H2,1-2H3. The summed E-state index contributed by atoms with van der Waals surface area (Å²) < 4.78 is 1.08. The quantitative estimate of drug-likeness (QED) is 0.832. The molecular formula is C13H19BrN2O. The van der Waals surface area contributed by atoms with Gasteiger partial charge in [0.2, 0.25) is 0 Å². The Bertz CT molecular complexity index is 378. The smallest absolute Gasteiger partial charge is 0.0839 e. The second kappa shape index (κ2) is 4.96. The van der Waals surface area contributed by atoms with Gasteiger partial charge in [0.05, 0.1) is 6.10 Å². The third-order valence-electron chi connectivity index (χ3n) is 3.20. The lowest BCUT2D eigenvalue weighted by Crippen LogP contribution is -2.49. The molecule has 1 aromatic rings. The molecule has 1 fully saturated rings. The van der Waals surface area contributed by atoms with Crippen molar-refractivity contribution in [3.05, 3.63) is 28.7 Å². The summed E-state index contributed by atoms with van der Waals surface area (Å²) in [6, 6.07) is 8.25. The summed E-state index contributed by atoms with van der Waals surface area (Å²) in [5.74, 6) is 0. The third kappa shape index (κ3) is 3.00. The van der Waals surface area contributed by atoms with Gasteiger partial charge in [0, 0.05) is 35.3 Å². The van der Waals surface area contributed by atoms with Gasteiger partial charge in [-0.2, -0.15) is 0 Å². The number of nitrogens with one attached hydrogen (secondary N) is 1. The van der Waals surface area contributed by atoms with E-state index < -0.39 is 0 Å². The predicted molar refractivity (Wildman–Crippen MR) is 74.4 cm³/mol. The second-order valence-corrected chi connectivity index (χ2v) is 6.10. The van der Waals surface area contributed by atoms with E-state index in [4.69, 9.17) is 0 Å². The molecular weight excluding hydrogens is 280 g/mol. The number of benzene rings is 1. The predicted octanol–water partition coefficient (Wildman–Crippen LogP) is 2.00. The Hall–Kier alpha value is -0.580. The number of β-amino-alcohol motifs (C(OH)–C–C–N with tert-alkyl or cyclic N) is 1. The van der Waals surface area contributed by atoms with Crippen LogP contribution in [-0.2, 0) is 0 Å². The van der Waals surface area contributed by atoms with Crippen molar-refractivity contribution in [2.75, 3.05) is 24.5 Å². The Morgan fingerprint density at radius 2 is 2.00 bits per heavy atom. The molecule has 1 aliphatic heterocycles. The van der Waals surface area contributed by atoms with E-state index in [9.17, 15) is 5.11 Å². The van der Waals surface area contributed by atoms with Crippen molar-refractivity contribution >= 4 is 21.6 Å². The molecule has 3 nitrogen and oxygen atoms in total. The van der Waals surface area contributed by atoms with Crippen LogP contribution in [0, 0.1) is 0 Å². The largest absolute Gasteiger partial charge is 0.390 e. The molecule has 4 heteroatoms. The molecule has 1 heterocycles. The molecule has 0 spiro atoms. The van der Waals surface area contributed by atoms with Gasteiger partial charge in [-0.05, 0) is 38.1 Å². The van der Waals surface area contributed by atoms with E-state index in [1.54, 1.807) is 0 Å². The number of aliphatic hydroxyl groups excluding tert-OH is 1. The van der Waals surface area contributed by atoms with Crippen molar-refractivity contribution in [3.8, 4) is 0 Å². The molecule has 1 aliphatic rings. The molecule has 0 aromatic heterocycles. The van der Waals surface area contributed by atoms with Crippen LogP contribution >= 0.6 is 15.9 Å². The highest BCUT2D eigenvalue weighted by Gasteiger charge is 2.31. The fraction of sp³-hybridized carbons (Fsp3) is 0.538. The second-order valence-electron chi connectivity index (χ2n) is 5.18. The number of halogens is 1. The lowest BCUT2D eigenvalue weighted by Gasteiger charge is -2.39. The molecule has 2 N–H and O–H groups in total. The van der Waals surface area contributed by atoms with Gasteiger partial charge < -0.3 is 15.3 Å². The molecule has 17 heavy (non-hydrogen) atoms. The first-order chi connectivity index (χ1) is 7.99. The highest BCUT2D eigenvalue weighted by atomic mass is 79.9. The fourth-order valence-corrected chi connectivity index (χ4v) is 2.50. The van der Waals surface area contributed by atoms with Crippen molar-refractivity contribution in [2.45, 2.75) is 25.5 Å². The normalized spacial score (nSPS) is 24.5. The van der Waals surface area contributed by atoms with Crippen molar-refractivity contribution < 1.29 is 5.11 Å². The number of hydrogen-bond donors (Lipinski definition) is 2. The topological polar surface area (TPSA) is 35.5 Å². The van der Waals surface area contributed by atoms with Crippen LogP contribution in [-0.4, -0.2) is 36.4 Å². The first-order valence-corrected chi connectivity index (χ1v) is 6.70. The summed E-state index contributed by atoms with van der Waals surface area (Å²) in [5.41, 5.74) is 1.16. The molecule has 0 amide bonds. The van der Waals surface area contributed by atoms with Crippen molar-refractivity contribution in [3.63, 3.8) is 0 Å². The summed E-state index contributed by atoms with van der Waals surface area (Å²) in [6.45, 7) is 6.60. The summed E-state index contributed by atoms with van der Waals surface area (Å²) >= 11 is 3.45. The van der Waals surface area contributed by atoms with Crippen LogP contribution < -0.4 is 10.2 Å². The Labute approximate surface area is 111 Å². The van der Waals surface area contributed by atoms with Gasteiger partial charge in [0.1, 0.15) is 0 Å². The summed E-state index contributed by atoms with van der Waals surface area (Å²) in [5, 5.41) is 13.2.